The molecule has 1 heterocycles. The summed E-state index contributed by atoms with van der Waals surface area (Å²) in [7, 11) is 4.78. The van der Waals surface area contributed by atoms with Crippen LogP contribution in [0.1, 0.15) is 13.3 Å². The number of likely N-dealkylation sites (tertiary alicyclic amines) is 1. The van der Waals surface area contributed by atoms with Crippen LogP contribution in [-0.4, -0.2) is 75.2 Å². The number of carbonyl (C=O) groups excluding carboxylic acids is 1. The van der Waals surface area contributed by atoms with Crippen LogP contribution in [0.5, 0.6) is 17.2 Å². The Kier molecular flexibility index (Phi) is 8.66. The van der Waals surface area contributed by atoms with Crippen LogP contribution < -0.4 is 24.4 Å². The third-order valence-electron chi connectivity index (χ3n) is 5.72. The number of nitrogens with zero attached hydrogens (tertiary/aromatic N) is 2. The molecule has 2 amide bonds. The number of halogens is 1. The van der Waals surface area contributed by atoms with Crippen molar-refractivity contribution in [1.82, 2.24) is 10.2 Å². The highest BCUT2D eigenvalue weighted by molar-refractivity contribution is 6.30. The molecule has 8 nitrogen and oxygen atoms in total. The normalized spacial score (nSPS) is 15.8. The van der Waals surface area contributed by atoms with Crippen molar-refractivity contribution in [2.75, 3.05) is 45.8 Å². The molecule has 0 bridgehead atoms. The van der Waals surface area contributed by atoms with Gasteiger partial charge in [-0.25, -0.2) is 4.79 Å². The molecule has 3 rings (SSSR count). The average molecular weight is 478 g/mol. The molecular formula is C24H32ClN3O5. The molecule has 0 saturated carbocycles. The van der Waals surface area contributed by atoms with E-state index >= 15 is 0 Å². The molecule has 1 aliphatic rings. The average Bonchev–Trinajstić information content (AvgIpc) is 2.79. The quantitative estimate of drug-likeness (QED) is 0.545. The first-order valence-corrected chi connectivity index (χ1v) is 11.3. The first-order chi connectivity index (χ1) is 15.8. The number of ether oxygens (including phenoxy) is 3. The lowest BCUT2D eigenvalue weighted by molar-refractivity contribution is 0.0145. The van der Waals surface area contributed by atoms with Crippen molar-refractivity contribution in [3.05, 3.63) is 47.5 Å². The number of methoxy groups -OCH3 is 2. The second kappa shape index (κ2) is 11.4. The number of benzene rings is 2. The van der Waals surface area contributed by atoms with E-state index in [1.807, 2.05) is 24.3 Å². The maximum Gasteiger partial charge on any atom is 0.321 e. The van der Waals surface area contributed by atoms with Gasteiger partial charge in [0.1, 0.15) is 23.4 Å². The van der Waals surface area contributed by atoms with Crippen LogP contribution in [-0.2, 0) is 0 Å². The number of aliphatic hydroxyl groups is 1. The van der Waals surface area contributed by atoms with Gasteiger partial charge < -0.3 is 24.6 Å². The number of aliphatic hydroxyl groups excluding tert-OH is 1. The summed E-state index contributed by atoms with van der Waals surface area (Å²) in [4.78, 5) is 16.6. The molecule has 2 aromatic rings. The van der Waals surface area contributed by atoms with E-state index in [9.17, 15) is 9.90 Å². The first-order valence-electron chi connectivity index (χ1n) is 10.9. The lowest BCUT2D eigenvalue weighted by Crippen LogP contribution is -2.55. The maximum atomic E-state index is 12.8. The molecule has 180 valence electrons. The number of anilines is 1. The van der Waals surface area contributed by atoms with Crippen molar-refractivity contribution in [2.45, 2.75) is 31.6 Å². The zero-order chi connectivity index (χ0) is 24.0. The van der Waals surface area contributed by atoms with E-state index in [1.165, 1.54) is 4.90 Å². The lowest BCUT2D eigenvalue weighted by Gasteiger charge is -2.40. The predicted octanol–water partition coefficient (Wildman–Crippen LogP) is 3.41. The topological polar surface area (TPSA) is 83.5 Å². The number of urea groups is 1. The van der Waals surface area contributed by atoms with Gasteiger partial charge in [-0.15, -0.1) is 0 Å². The number of hydrogen-bond acceptors (Lipinski definition) is 6. The van der Waals surface area contributed by atoms with E-state index in [-0.39, 0.29) is 18.2 Å². The van der Waals surface area contributed by atoms with Crippen LogP contribution >= 0.6 is 11.6 Å². The zero-order valence-electron chi connectivity index (χ0n) is 19.5. The fourth-order valence-electron chi connectivity index (χ4n) is 3.60. The molecule has 2 atom stereocenters. The van der Waals surface area contributed by atoms with Gasteiger partial charge in [0.05, 0.1) is 32.1 Å². The third-order valence-corrected chi connectivity index (χ3v) is 5.97. The summed E-state index contributed by atoms with van der Waals surface area (Å²) in [6.07, 6.45) is 0.0522. The molecule has 0 radical (unpaired) electrons. The van der Waals surface area contributed by atoms with Gasteiger partial charge in [-0.05, 0) is 37.6 Å². The summed E-state index contributed by atoms with van der Waals surface area (Å²) < 4.78 is 16.5. The second-order valence-corrected chi connectivity index (χ2v) is 8.60. The fraction of sp³-hybridized carbons (Fsp3) is 0.458. The summed E-state index contributed by atoms with van der Waals surface area (Å²) in [5.74, 6) is 1.98. The highest BCUT2D eigenvalue weighted by Gasteiger charge is 2.30. The van der Waals surface area contributed by atoms with Crippen LogP contribution in [0.25, 0.3) is 0 Å². The van der Waals surface area contributed by atoms with E-state index in [1.54, 1.807) is 46.4 Å². The van der Waals surface area contributed by atoms with Crippen molar-refractivity contribution in [3.63, 3.8) is 0 Å². The Hall–Kier alpha value is -2.68. The van der Waals surface area contributed by atoms with Gasteiger partial charge in [0.2, 0.25) is 0 Å². The minimum absolute atomic E-state index is 0.125. The Balaban J connectivity index is 1.48. The summed E-state index contributed by atoms with van der Waals surface area (Å²) in [5.41, 5.74) is 0.623. The van der Waals surface area contributed by atoms with Gasteiger partial charge in [-0.2, -0.15) is 0 Å². The summed E-state index contributed by atoms with van der Waals surface area (Å²) in [6, 6.07) is 11.9. The van der Waals surface area contributed by atoms with Crippen LogP contribution in [0, 0.1) is 0 Å². The maximum absolute atomic E-state index is 12.8. The Morgan fingerprint density at radius 1 is 1.15 bits per heavy atom. The molecule has 1 aliphatic heterocycles. The van der Waals surface area contributed by atoms with Crippen molar-refractivity contribution in [3.8, 4) is 17.2 Å². The van der Waals surface area contributed by atoms with Gasteiger partial charge in [-0.3, -0.25) is 9.80 Å². The molecule has 2 N–H and O–H groups in total. The predicted molar refractivity (Wildman–Crippen MR) is 129 cm³/mol. The van der Waals surface area contributed by atoms with E-state index < -0.39 is 6.10 Å². The summed E-state index contributed by atoms with van der Waals surface area (Å²) in [5, 5.41) is 13.8. The molecule has 9 heteroatoms. The number of carbonyl (C=O) groups is 1. The van der Waals surface area contributed by atoms with Crippen LogP contribution in [0.15, 0.2) is 42.5 Å². The molecule has 0 spiro atoms. The molecule has 2 aromatic carbocycles. The van der Waals surface area contributed by atoms with Crippen LogP contribution in [0.2, 0.25) is 5.02 Å². The molecule has 1 fully saturated rings. The van der Waals surface area contributed by atoms with Gasteiger partial charge in [0, 0.05) is 49.9 Å². The van der Waals surface area contributed by atoms with E-state index in [0.29, 0.717) is 28.6 Å². The Morgan fingerprint density at radius 2 is 1.76 bits per heavy atom. The third kappa shape index (κ3) is 6.90. The van der Waals surface area contributed by atoms with Crippen molar-refractivity contribution >= 4 is 23.3 Å². The molecule has 1 unspecified atom stereocenters. The van der Waals surface area contributed by atoms with Crippen molar-refractivity contribution < 1.29 is 24.1 Å². The van der Waals surface area contributed by atoms with Crippen molar-refractivity contribution in [1.29, 1.82) is 0 Å². The van der Waals surface area contributed by atoms with E-state index in [2.05, 4.69) is 10.2 Å². The minimum atomic E-state index is -0.690. The van der Waals surface area contributed by atoms with Gasteiger partial charge >= 0.3 is 6.03 Å². The number of amides is 2. The SMILES string of the molecule is COc1cc(OC)cc(N(C)C(=O)N[C@@H](CCN2CC(Oc3ccc(Cl)cc3)C2)C(C)O)c1. The van der Waals surface area contributed by atoms with Gasteiger partial charge in [0.25, 0.3) is 0 Å². The zero-order valence-corrected chi connectivity index (χ0v) is 20.2. The Labute approximate surface area is 200 Å². The molecule has 0 aromatic heterocycles. The summed E-state index contributed by atoms with van der Waals surface area (Å²) in [6.45, 7) is 4.02. The van der Waals surface area contributed by atoms with Crippen molar-refractivity contribution in [2.24, 2.45) is 0 Å². The smallest absolute Gasteiger partial charge is 0.321 e. The first kappa shape index (κ1) is 25.0. The van der Waals surface area contributed by atoms with Gasteiger partial charge in [0.15, 0.2) is 0 Å². The number of nitrogens with one attached hydrogen (secondary N) is 1. The van der Waals surface area contributed by atoms with Crippen LogP contribution in [0.4, 0.5) is 10.5 Å². The Bertz CT molecular complexity index is 897. The van der Waals surface area contributed by atoms with Gasteiger partial charge in [-0.1, -0.05) is 11.6 Å². The monoisotopic (exact) mass is 477 g/mol. The molecule has 0 aliphatic carbocycles. The highest BCUT2D eigenvalue weighted by Crippen LogP contribution is 2.28. The minimum Gasteiger partial charge on any atom is -0.497 e. The lowest BCUT2D eigenvalue weighted by atomic mass is 10.1. The number of hydrogen-bond donors (Lipinski definition) is 2. The second-order valence-electron chi connectivity index (χ2n) is 8.17. The van der Waals surface area contributed by atoms with E-state index in [0.717, 1.165) is 25.4 Å². The highest BCUT2D eigenvalue weighted by atomic mass is 35.5. The molecular weight excluding hydrogens is 446 g/mol. The summed E-state index contributed by atoms with van der Waals surface area (Å²) >= 11 is 5.90. The Morgan fingerprint density at radius 3 is 2.30 bits per heavy atom. The largest absolute Gasteiger partial charge is 0.497 e. The molecule has 33 heavy (non-hydrogen) atoms. The number of rotatable bonds is 10. The fourth-order valence-corrected chi connectivity index (χ4v) is 3.73. The van der Waals surface area contributed by atoms with E-state index in [4.69, 9.17) is 25.8 Å². The van der Waals surface area contributed by atoms with Crippen LogP contribution in [0.3, 0.4) is 0 Å². The molecule has 1 saturated heterocycles. The standard InChI is InChI=1S/C24H32ClN3O5/c1-16(29)23(9-10-28-14-22(15-28)33-19-7-5-17(25)6-8-19)26-24(30)27(2)18-11-20(31-3)13-21(12-18)32-4/h5-8,11-13,16,22-23,29H,9-10,14-15H2,1-4H3,(H,26,30)/t16?,23-/m0/s1.